The number of fused-ring (bicyclic) bond motifs is 1. The highest BCUT2D eigenvalue weighted by atomic mass is 35.5. The Labute approximate surface area is 200 Å². The second kappa shape index (κ2) is 9.89. The average Bonchev–Trinajstić information content (AvgIpc) is 2.85. The molecule has 1 unspecified atom stereocenters. The first kappa shape index (κ1) is 23.8. The molecular weight excluding hydrogens is 469 g/mol. The van der Waals surface area contributed by atoms with Gasteiger partial charge in [0, 0.05) is 17.2 Å². The highest BCUT2D eigenvalue weighted by Crippen LogP contribution is 2.53. The Kier molecular flexibility index (Phi) is 6.93. The lowest BCUT2D eigenvalue weighted by molar-refractivity contribution is -0.0695. The van der Waals surface area contributed by atoms with Gasteiger partial charge < -0.3 is 18.9 Å². The molecule has 0 N–H and O–H groups in total. The van der Waals surface area contributed by atoms with Gasteiger partial charge in [-0.25, -0.2) is 0 Å². The number of hydrogen-bond acceptors (Lipinski definition) is 4. The molecule has 0 bridgehead atoms. The smallest absolute Gasteiger partial charge is 0.417 e. The maximum absolute atomic E-state index is 14.6. The number of ether oxygens (including phenoxy) is 4. The van der Waals surface area contributed by atoms with Crippen LogP contribution in [-0.2, 0) is 0 Å². The van der Waals surface area contributed by atoms with E-state index in [4.69, 9.17) is 30.5 Å². The van der Waals surface area contributed by atoms with Crippen molar-refractivity contribution in [2.24, 2.45) is 0 Å². The van der Waals surface area contributed by atoms with Crippen LogP contribution in [0.4, 0.5) is 13.2 Å². The minimum Gasteiger partial charge on any atom is -0.497 e. The lowest BCUT2D eigenvalue weighted by Gasteiger charge is -2.33. The van der Waals surface area contributed by atoms with Crippen LogP contribution in [-0.4, -0.2) is 32.9 Å². The molecule has 3 aromatic rings. The molecule has 0 spiro atoms. The van der Waals surface area contributed by atoms with Crippen molar-refractivity contribution in [1.82, 2.24) is 0 Å². The van der Waals surface area contributed by atoms with Gasteiger partial charge >= 0.3 is 6.18 Å². The lowest BCUT2D eigenvalue weighted by atomic mass is 9.85. The Hall–Kier alpha value is -3.32. The van der Waals surface area contributed by atoms with Crippen LogP contribution >= 0.6 is 11.6 Å². The second-order valence-electron chi connectivity index (χ2n) is 7.48. The van der Waals surface area contributed by atoms with Crippen LogP contribution in [0.15, 0.2) is 66.7 Å². The number of methoxy groups -OCH3 is 2. The van der Waals surface area contributed by atoms with E-state index in [2.05, 4.69) is 0 Å². The fourth-order valence-corrected chi connectivity index (χ4v) is 3.97. The summed E-state index contributed by atoms with van der Waals surface area (Å²) >= 11 is 5.67. The van der Waals surface area contributed by atoms with Crippen LogP contribution in [0.3, 0.4) is 0 Å². The zero-order valence-corrected chi connectivity index (χ0v) is 19.2. The van der Waals surface area contributed by atoms with Crippen molar-refractivity contribution in [1.29, 1.82) is 0 Å². The monoisotopic (exact) mass is 490 g/mol. The molecule has 0 amide bonds. The molecule has 178 valence electrons. The van der Waals surface area contributed by atoms with E-state index in [1.54, 1.807) is 48.5 Å². The van der Waals surface area contributed by atoms with Crippen molar-refractivity contribution in [3.63, 3.8) is 0 Å². The van der Waals surface area contributed by atoms with Gasteiger partial charge in [-0.15, -0.1) is 11.6 Å². The fourth-order valence-electron chi connectivity index (χ4n) is 3.90. The first-order chi connectivity index (χ1) is 16.4. The zero-order chi connectivity index (χ0) is 24.3. The molecule has 1 heterocycles. The van der Waals surface area contributed by atoms with Crippen LogP contribution < -0.4 is 18.9 Å². The molecule has 4 rings (SSSR count). The largest absolute Gasteiger partial charge is 0.497 e. The summed E-state index contributed by atoms with van der Waals surface area (Å²) in [6.45, 7) is 0.323. The first-order valence-corrected chi connectivity index (χ1v) is 11.0. The molecule has 4 nitrogen and oxygen atoms in total. The van der Waals surface area contributed by atoms with Crippen molar-refractivity contribution in [3.05, 3.63) is 83.4 Å². The Morgan fingerprint density at radius 2 is 1.47 bits per heavy atom. The number of hydrogen-bond donors (Lipinski definition) is 0. The van der Waals surface area contributed by atoms with Gasteiger partial charge in [0.2, 0.25) is 0 Å². The van der Waals surface area contributed by atoms with Gasteiger partial charge in [0.1, 0.15) is 29.6 Å². The SMILES string of the molecule is COc1ccc(C2=C(C(F)(F)F)c3ccc(OC)cc3OC2c2ccc(OCCCl)cc2)cc1. The van der Waals surface area contributed by atoms with Crippen LogP contribution in [0, 0.1) is 0 Å². The summed E-state index contributed by atoms with van der Waals surface area (Å²) < 4.78 is 65.8. The van der Waals surface area contributed by atoms with E-state index >= 15 is 0 Å². The molecule has 1 atom stereocenters. The Morgan fingerprint density at radius 1 is 0.853 bits per heavy atom. The van der Waals surface area contributed by atoms with Crippen LogP contribution in [0.1, 0.15) is 22.8 Å². The molecule has 34 heavy (non-hydrogen) atoms. The van der Waals surface area contributed by atoms with E-state index in [9.17, 15) is 13.2 Å². The predicted octanol–water partition coefficient (Wildman–Crippen LogP) is 6.93. The summed E-state index contributed by atoms with van der Waals surface area (Å²) in [6.07, 6.45) is -5.66. The van der Waals surface area contributed by atoms with E-state index < -0.39 is 17.9 Å². The summed E-state index contributed by atoms with van der Waals surface area (Å²) in [5.74, 6) is 1.92. The van der Waals surface area contributed by atoms with Crippen LogP contribution in [0.5, 0.6) is 23.0 Å². The summed E-state index contributed by atoms with van der Waals surface area (Å²) in [7, 11) is 2.95. The topological polar surface area (TPSA) is 36.9 Å². The van der Waals surface area contributed by atoms with Crippen LogP contribution in [0.25, 0.3) is 11.1 Å². The summed E-state index contributed by atoms with van der Waals surface area (Å²) in [4.78, 5) is 0. The van der Waals surface area contributed by atoms with Gasteiger partial charge in [0.05, 0.1) is 25.7 Å². The van der Waals surface area contributed by atoms with E-state index in [1.165, 1.54) is 32.4 Å². The van der Waals surface area contributed by atoms with E-state index in [0.29, 0.717) is 40.9 Å². The minimum absolute atomic E-state index is 0.0160. The molecule has 8 heteroatoms. The summed E-state index contributed by atoms with van der Waals surface area (Å²) in [5, 5.41) is 0. The maximum Gasteiger partial charge on any atom is 0.417 e. The molecule has 0 aliphatic carbocycles. The van der Waals surface area contributed by atoms with Crippen molar-refractivity contribution in [2.45, 2.75) is 12.3 Å². The number of halogens is 4. The molecule has 0 radical (unpaired) electrons. The molecule has 0 saturated heterocycles. The Bertz CT molecular complexity index is 1170. The van der Waals surface area contributed by atoms with Gasteiger partial charge in [-0.3, -0.25) is 0 Å². The van der Waals surface area contributed by atoms with Crippen molar-refractivity contribution >= 4 is 22.7 Å². The van der Waals surface area contributed by atoms with Crippen molar-refractivity contribution < 1.29 is 32.1 Å². The third-order valence-electron chi connectivity index (χ3n) is 5.45. The second-order valence-corrected chi connectivity index (χ2v) is 7.86. The normalized spacial score (nSPS) is 15.4. The third kappa shape index (κ3) is 4.80. The van der Waals surface area contributed by atoms with E-state index in [0.717, 1.165) is 0 Å². The molecule has 0 fully saturated rings. The molecule has 3 aromatic carbocycles. The molecule has 0 saturated carbocycles. The van der Waals surface area contributed by atoms with Gasteiger partial charge in [0.15, 0.2) is 6.10 Å². The van der Waals surface area contributed by atoms with Crippen LogP contribution in [0.2, 0.25) is 0 Å². The zero-order valence-electron chi connectivity index (χ0n) is 18.5. The van der Waals surface area contributed by atoms with Gasteiger partial charge in [-0.2, -0.15) is 13.2 Å². The number of rotatable bonds is 7. The van der Waals surface area contributed by atoms with E-state index in [-0.39, 0.29) is 16.9 Å². The summed E-state index contributed by atoms with van der Waals surface area (Å²) in [5.41, 5.74) is 0.134. The molecule has 1 aliphatic heterocycles. The first-order valence-electron chi connectivity index (χ1n) is 10.4. The number of benzene rings is 3. The van der Waals surface area contributed by atoms with E-state index in [1.807, 2.05) is 0 Å². The van der Waals surface area contributed by atoms with Crippen molar-refractivity contribution in [2.75, 3.05) is 26.7 Å². The highest BCUT2D eigenvalue weighted by molar-refractivity contribution is 6.18. The van der Waals surface area contributed by atoms with Crippen molar-refractivity contribution in [3.8, 4) is 23.0 Å². The van der Waals surface area contributed by atoms with Gasteiger partial charge in [-0.1, -0.05) is 24.3 Å². The standard InChI is InChI=1S/C26H22ClF3O4/c1-31-18-7-3-16(4-8-18)23-24(26(28,29)30)21-12-11-20(32-2)15-22(21)34-25(23)17-5-9-19(10-6-17)33-14-13-27/h3-12,15,25H,13-14H2,1-2H3. The quantitative estimate of drug-likeness (QED) is 0.336. The third-order valence-corrected chi connectivity index (χ3v) is 5.60. The van der Waals surface area contributed by atoms with Gasteiger partial charge in [-0.05, 0) is 47.5 Å². The number of allylic oxidation sites excluding steroid dienone is 1. The minimum atomic E-state index is -4.63. The van der Waals surface area contributed by atoms with Gasteiger partial charge in [0.25, 0.3) is 0 Å². The Balaban J connectivity index is 1.92. The predicted molar refractivity (Wildman–Crippen MR) is 125 cm³/mol. The summed E-state index contributed by atoms with van der Waals surface area (Å²) in [6, 6.07) is 17.5. The maximum atomic E-state index is 14.6. The number of alkyl halides is 4. The molecule has 1 aliphatic rings. The molecule has 0 aromatic heterocycles. The lowest BCUT2D eigenvalue weighted by Crippen LogP contribution is -2.23. The fraction of sp³-hybridized carbons (Fsp3) is 0.231. The Morgan fingerprint density at radius 3 is 2.06 bits per heavy atom. The average molecular weight is 491 g/mol. The molecular formula is C26H22ClF3O4. The highest BCUT2D eigenvalue weighted by Gasteiger charge is 2.44.